The Morgan fingerprint density at radius 2 is 2.54 bits per heavy atom. The molecule has 1 aromatic heterocycles. The monoisotopic (exact) mass is 175 g/mol. The highest BCUT2D eigenvalue weighted by Gasteiger charge is 2.15. The van der Waals surface area contributed by atoms with Crippen LogP contribution >= 0.6 is 0 Å². The second-order valence-corrected chi connectivity index (χ2v) is 3.27. The molecule has 3 heteroatoms. The molecule has 0 saturated heterocycles. The predicted molar refractivity (Wildman–Crippen MR) is 51.2 cm³/mol. The molecule has 0 spiro atoms. The Labute approximate surface area is 78.1 Å². The smallest absolute Gasteiger partial charge is 0.115 e. The van der Waals surface area contributed by atoms with Gasteiger partial charge in [0.25, 0.3) is 0 Å². The molecule has 68 valence electrons. The van der Waals surface area contributed by atoms with Crippen LogP contribution in [-0.4, -0.2) is 28.0 Å². The van der Waals surface area contributed by atoms with Gasteiger partial charge in [0, 0.05) is 25.8 Å². The summed E-state index contributed by atoms with van der Waals surface area (Å²) in [6, 6.07) is 0. The zero-order chi connectivity index (χ0) is 9.10. The first kappa shape index (κ1) is 8.38. The van der Waals surface area contributed by atoms with Gasteiger partial charge in [0.2, 0.25) is 0 Å². The summed E-state index contributed by atoms with van der Waals surface area (Å²) in [6.45, 7) is 6.71. The lowest BCUT2D eigenvalue weighted by Crippen LogP contribution is -2.31. The lowest BCUT2D eigenvalue weighted by atomic mass is 10.1. The fourth-order valence-corrected chi connectivity index (χ4v) is 1.64. The van der Waals surface area contributed by atoms with Gasteiger partial charge in [0.05, 0.1) is 5.69 Å². The van der Waals surface area contributed by atoms with Crippen LogP contribution in [-0.2, 0) is 13.0 Å². The maximum Gasteiger partial charge on any atom is 0.115 e. The average Bonchev–Trinajstić information content (AvgIpc) is 2.18. The summed E-state index contributed by atoms with van der Waals surface area (Å²) in [4.78, 5) is 10.6. The fourth-order valence-electron chi connectivity index (χ4n) is 1.64. The van der Waals surface area contributed by atoms with Crippen molar-refractivity contribution in [1.29, 1.82) is 0 Å². The van der Waals surface area contributed by atoms with Gasteiger partial charge in [-0.3, -0.25) is 4.90 Å². The highest BCUT2D eigenvalue weighted by Crippen LogP contribution is 2.14. The Balaban J connectivity index is 2.15. The first-order valence-electron chi connectivity index (χ1n) is 4.51. The molecule has 0 radical (unpaired) electrons. The third kappa shape index (κ3) is 1.75. The number of hydrogen-bond acceptors (Lipinski definition) is 3. The van der Waals surface area contributed by atoms with E-state index < -0.39 is 0 Å². The molecule has 0 bridgehead atoms. The standard InChI is InChI=1S/C10H13N3/c1-2-4-13-5-3-9-6-11-8-12-10(9)7-13/h2,6,8H,1,3-5,7H2. The number of hydrogen-bond donors (Lipinski definition) is 0. The maximum absolute atomic E-state index is 4.26. The second-order valence-electron chi connectivity index (χ2n) is 3.27. The molecule has 1 aliphatic heterocycles. The van der Waals surface area contributed by atoms with E-state index in [4.69, 9.17) is 0 Å². The molecule has 0 saturated carbocycles. The van der Waals surface area contributed by atoms with E-state index in [9.17, 15) is 0 Å². The van der Waals surface area contributed by atoms with Crippen LogP contribution in [0.4, 0.5) is 0 Å². The number of fused-ring (bicyclic) bond motifs is 1. The third-order valence-corrected chi connectivity index (χ3v) is 2.34. The minimum atomic E-state index is 0.934. The van der Waals surface area contributed by atoms with Crippen LogP contribution < -0.4 is 0 Å². The lowest BCUT2D eigenvalue weighted by Gasteiger charge is -2.26. The van der Waals surface area contributed by atoms with E-state index in [-0.39, 0.29) is 0 Å². The molecule has 1 aromatic rings. The van der Waals surface area contributed by atoms with Gasteiger partial charge >= 0.3 is 0 Å². The molecule has 2 rings (SSSR count). The highest BCUT2D eigenvalue weighted by atomic mass is 15.1. The van der Waals surface area contributed by atoms with Gasteiger partial charge < -0.3 is 0 Å². The Morgan fingerprint density at radius 3 is 3.38 bits per heavy atom. The van der Waals surface area contributed by atoms with Crippen LogP contribution in [0.15, 0.2) is 25.2 Å². The van der Waals surface area contributed by atoms with Gasteiger partial charge in [-0.15, -0.1) is 6.58 Å². The largest absolute Gasteiger partial charge is 0.294 e. The molecular formula is C10H13N3. The average molecular weight is 175 g/mol. The van der Waals surface area contributed by atoms with Crippen molar-refractivity contribution in [1.82, 2.24) is 14.9 Å². The summed E-state index contributed by atoms with van der Waals surface area (Å²) in [5.41, 5.74) is 2.46. The van der Waals surface area contributed by atoms with E-state index >= 15 is 0 Å². The lowest BCUT2D eigenvalue weighted by molar-refractivity contribution is 0.277. The zero-order valence-electron chi connectivity index (χ0n) is 7.61. The zero-order valence-corrected chi connectivity index (χ0v) is 7.61. The Bertz CT molecular complexity index is 309. The molecule has 0 unspecified atom stereocenters. The minimum Gasteiger partial charge on any atom is -0.294 e. The molecule has 0 fully saturated rings. The molecule has 0 aliphatic carbocycles. The topological polar surface area (TPSA) is 29.0 Å². The molecule has 1 aliphatic rings. The molecule has 0 atom stereocenters. The summed E-state index contributed by atoms with van der Waals surface area (Å²) in [5.74, 6) is 0. The fraction of sp³-hybridized carbons (Fsp3) is 0.400. The van der Waals surface area contributed by atoms with Crippen LogP contribution in [0.2, 0.25) is 0 Å². The molecule has 3 nitrogen and oxygen atoms in total. The Morgan fingerprint density at radius 1 is 1.62 bits per heavy atom. The quantitative estimate of drug-likeness (QED) is 0.628. The summed E-state index contributed by atoms with van der Waals surface area (Å²) in [7, 11) is 0. The van der Waals surface area contributed by atoms with Gasteiger partial charge in [-0.25, -0.2) is 9.97 Å². The van der Waals surface area contributed by atoms with Crippen molar-refractivity contribution in [3.63, 3.8) is 0 Å². The van der Waals surface area contributed by atoms with E-state index in [2.05, 4.69) is 21.4 Å². The Kier molecular flexibility index (Phi) is 2.36. The summed E-state index contributed by atoms with van der Waals surface area (Å²) in [6.07, 6.45) is 6.54. The Hall–Kier alpha value is -1.22. The van der Waals surface area contributed by atoms with Crippen molar-refractivity contribution in [2.75, 3.05) is 13.1 Å². The number of aromatic nitrogens is 2. The molecule has 0 N–H and O–H groups in total. The molecule has 13 heavy (non-hydrogen) atoms. The first-order valence-corrected chi connectivity index (χ1v) is 4.51. The first-order chi connectivity index (χ1) is 6.40. The van der Waals surface area contributed by atoms with Crippen LogP contribution in [0.3, 0.4) is 0 Å². The third-order valence-electron chi connectivity index (χ3n) is 2.34. The minimum absolute atomic E-state index is 0.934. The van der Waals surface area contributed by atoms with Crippen molar-refractivity contribution in [2.24, 2.45) is 0 Å². The maximum atomic E-state index is 4.26. The van der Waals surface area contributed by atoms with E-state index in [1.165, 1.54) is 11.3 Å². The predicted octanol–water partition coefficient (Wildman–Crippen LogP) is 1.02. The van der Waals surface area contributed by atoms with Crippen LogP contribution in [0.1, 0.15) is 11.3 Å². The number of nitrogens with zero attached hydrogens (tertiary/aromatic N) is 3. The van der Waals surface area contributed by atoms with E-state index in [1.807, 2.05) is 12.3 Å². The van der Waals surface area contributed by atoms with Crippen LogP contribution in [0.5, 0.6) is 0 Å². The summed E-state index contributed by atoms with van der Waals surface area (Å²) in [5, 5.41) is 0. The van der Waals surface area contributed by atoms with Crippen molar-refractivity contribution in [3.8, 4) is 0 Å². The molecule has 0 amide bonds. The van der Waals surface area contributed by atoms with Gasteiger partial charge in [0.1, 0.15) is 6.33 Å². The SMILES string of the molecule is C=CCN1CCc2cncnc2C1. The van der Waals surface area contributed by atoms with Gasteiger partial charge in [-0.2, -0.15) is 0 Å². The van der Waals surface area contributed by atoms with Crippen molar-refractivity contribution >= 4 is 0 Å². The van der Waals surface area contributed by atoms with Gasteiger partial charge in [-0.05, 0) is 12.0 Å². The van der Waals surface area contributed by atoms with Gasteiger partial charge in [0.15, 0.2) is 0 Å². The van der Waals surface area contributed by atoms with Crippen molar-refractivity contribution in [2.45, 2.75) is 13.0 Å². The summed E-state index contributed by atoms with van der Waals surface area (Å²) >= 11 is 0. The van der Waals surface area contributed by atoms with Crippen molar-refractivity contribution in [3.05, 3.63) is 36.4 Å². The molecule has 2 heterocycles. The summed E-state index contributed by atoms with van der Waals surface area (Å²) < 4.78 is 0. The highest BCUT2D eigenvalue weighted by molar-refractivity contribution is 5.18. The van der Waals surface area contributed by atoms with Crippen LogP contribution in [0.25, 0.3) is 0 Å². The van der Waals surface area contributed by atoms with E-state index in [0.29, 0.717) is 0 Å². The van der Waals surface area contributed by atoms with Crippen molar-refractivity contribution < 1.29 is 0 Å². The van der Waals surface area contributed by atoms with Gasteiger partial charge in [-0.1, -0.05) is 6.08 Å². The normalized spacial score (nSPS) is 16.6. The van der Waals surface area contributed by atoms with E-state index in [1.54, 1.807) is 6.33 Å². The van der Waals surface area contributed by atoms with Crippen LogP contribution in [0, 0.1) is 0 Å². The molecule has 0 aromatic carbocycles. The van der Waals surface area contributed by atoms with E-state index in [0.717, 1.165) is 26.1 Å². The number of rotatable bonds is 2. The molecular weight excluding hydrogens is 162 g/mol. The second kappa shape index (κ2) is 3.66.